The minimum atomic E-state index is -1.11. The Morgan fingerprint density at radius 2 is 0.677 bits per heavy atom. The van der Waals surface area contributed by atoms with Crippen molar-refractivity contribution in [1.29, 1.82) is 0 Å². The second-order valence-electron chi connectivity index (χ2n) is 19.8. The van der Waals surface area contributed by atoms with Crippen LogP contribution in [0.5, 0.6) is 0 Å². The lowest BCUT2D eigenvalue weighted by Crippen LogP contribution is -2.48. The van der Waals surface area contributed by atoms with Crippen LogP contribution in [0.4, 0.5) is 0 Å². The third-order valence-electron chi connectivity index (χ3n) is 13.4. The van der Waals surface area contributed by atoms with Crippen LogP contribution in [0.2, 0.25) is 0 Å². The number of nitrogens with one attached hydrogen (secondary N) is 1. The largest absolute Gasteiger partial charge is 0.394 e. The Morgan fingerprint density at radius 3 is 1.03 bits per heavy atom. The van der Waals surface area contributed by atoms with Crippen LogP contribution in [0.15, 0.2) is 48.6 Å². The van der Waals surface area contributed by atoms with Gasteiger partial charge in [-0.2, -0.15) is 0 Å². The van der Waals surface area contributed by atoms with E-state index in [0.29, 0.717) is 6.42 Å². The number of rotatable bonds is 53. The Balaban J connectivity index is 3.62. The Morgan fingerprint density at radius 1 is 0.385 bits per heavy atom. The summed E-state index contributed by atoms with van der Waals surface area (Å²) < 4.78 is 0. The van der Waals surface area contributed by atoms with Gasteiger partial charge in [-0.3, -0.25) is 4.79 Å². The van der Waals surface area contributed by atoms with Crippen molar-refractivity contribution in [1.82, 2.24) is 5.32 Å². The summed E-state index contributed by atoms with van der Waals surface area (Å²) >= 11 is 0. The average Bonchev–Trinajstić information content (AvgIpc) is 3.31. The summed E-state index contributed by atoms with van der Waals surface area (Å²) in [5, 5.41) is 33.4. The molecule has 0 spiro atoms. The minimum absolute atomic E-state index is 0.377. The predicted octanol–water partition coefficient (Wildman–Crippen LogP) is 18.0. The van der Waals surface area contributed by atoms with Crippen LogP contribution < -0.4 is 5.32 Å². The Hall–Kier alpha value is -1.69. The molecule has 0 aliphatic rings. The van der Waals surface area contributed by atoms with Crippen LogP contribution in [0.3, 0.4) is 0 Å². The van der Waals surface area contributed by atoms with Gasteiger partial charge in [0.25, 0.3) is 0 Å². The number of allylic oxidation sites excluding steroid dienone is 7. The first-order valence-electron chi connectivity index (χ1n) is 29.0. The maximum absolute atomic E-state index is 12.6. The molecule has 0 radical (unpaired) electrons. The van der Waals surface area contributed by atoms with Crippen molar-refractivity contribution in [2.24, 2.45) is 0 Å². The summed E-state index contributed by atoms with van der Waals surface area (Å²) in [7, 11) is 0. The first kappa shape index (κ1) is 63.3. The fourth-order valence-electron chi connectivity index (χ4n) is 8.88. The molecule has 0 saturated carbocycles. The SMILES string of the molecule is CCCCCCCCCCC/C=C\C/C=C\CCCCCCCCCCCCC(O)C(=O)NC(CO)C(O)/C=C/CC/C=C/CCCCCCCCCCCCCCCCCCCCC. The van der Waals surface area contributed by atoms with E-state index in [1.165, 1.54) is 238 Å². The zero-order chi connectivity index (χ0) is 47.2. The van der Waals surface area contributed by atoms with E-state index in [1.54, 1.807) is 6.08 Å². The molecule has 65 heavy (non-hydrogen) atoms. The van der Waals surface area contributed by atoms with Gasteiger partial charge in [-0.05, 0) is 64.2 Å². The van der Waals surface area contributed by atoms with E-state index in [0.717, 1.165) is 44.9 Å². The van der Waals surface area contributed by atoms with Gasteiger partial charge in [-0.15, -0.1) is 0 Å². The second kappa shape index (κ2) is 54.9. The molecule has 5 heteroatoms. The molecule has 0 aromatic carbocycles. The number of carbonyl (C=O) groups is 1. The third kappa shape index (κ3) is 50.0. The van der Waals surface area contributed by atoms with Crippen molar-refractivity contribution >= 4 is 5.91 Å². The van der Waals surface area contributed by atoms with Gasteiger partial charge in [-0.1, -0.05) is 287 Å². The fraction of sp³-hybridized carbons (Fsp3) is 0.850. The standard InChI is InChI=1S/C60H113NO4/c1-3-5-7-9-11-13-15-17-19-21-23-25-27-29-31-33-35-37-39-41-43-45-47-49-51-53-55-59(64)60(65)61-57(56-62)58(63)54-52-50-48-46-44-42-40-38-36-34-32-30-28-26-24-22-20-18-16-14-12-10-8-6-4-2/h23,25,29,31,44,46,52,54,57-59,62-64H,3-22,24,26-28,30,32-43,45,47-51,53,55-56H2,1-2H3,(H,61,65)/b25-23-,31-29-,46-44+,54-52+. The number of carbonyl (C=O) groups excluding carboxylic acids is 1. The Kier molecular flexibility index (Phi) is 53.5. The molecule has 0 heterocycles. The zero-order valence-electron chi connectivity index (χ0n) is 43.6. The highest BCUT2D eigenvalue weighted by molar-refractivity contribution is 5.80. The summed E-state index contributed by atoms with van der Waals surface area (Å²) in [6.07, 6.45) is 73.4. The molecule has 0 bridgehead atoms. The topological polar surface area (TPSA) is 89.8 Å². The van der Waals surface area contributed by atoms with Crippen LogP contribution in [-0.4, -0.2) is 46.1 Å². The van der Waals surface area contributed by atoms with E-state index >= 15 is 0 Å². The summed E-state index contributed by atoms with van der Waals surface area (Å²) in [5.41, 5.74) is 0. The summed E-state index contributed by atoms with van der Waals surface area (Å²) in [4.78, 5) is 12.6. The van der Waals surface area contributed by atoms with Crippen molar-refractivity contribution in [3.8, 4) is 0 Å². The van der Waals surface area contributed by atoms with Crippen LogP contribution in [0, 0.1) is 0 Å². The van der Waals surface area contributed by atoms with E-state index in [1.807, 2.05) is 6.08 Å². The molecule has 0 rings (SSSR count). The van der Waals surface area contributed by atoms with Gasteiger partial charge in [0.05, 0.1) is 18.8 Å². The van der Waals surface area contributed by atoms with E-state index in [4.69, 9.17) is 0 Å². The second-order valence-corrected chi connectivity index (χ2v) is 19.8. The Labute approximate surface area is 406 Å². The van der Waals surface area contributed by atoms with Gasteiger partial charge in [0.2, 0.25) is 5.91 Å². The maximum Gasteiger partial charge on any atom is 0.249 e. The van der Waals surface area contributed by atoms with Crippen molar-refractivity contribution in [3.05, 3.63) is 48.6 Å². The van der Waals surface area contributed by atoms with Gasteiger partial charge in [0, 0.05) is 0 Å². The van der Waals surface area contributed by atoms with Gasteiger partial charge >= 0.3 is 0 Å². The quantitative estimate of drug-likeness (QED) is 0.0361. The molecule has 3 unspecified atom stereocenters. The van der Waals surface area contributed by atoms with Crippen molar-refractivity contribution in [2.45, 2.75) is 321 Å². The molecular formula is C60H113NO4. The molecular weight excluding hydrogens is 799 g/mol. The lowest BCUT2D eigenvalue weighted by atomic mass is 10.0. The van der Waals surface area contributed by atoms with Crippen LogP contribution in [0.1, 0.15) is 303 Å². The lowest BCUT2D eigenvalue weighted by Gasteiger charge is -2.21. The molecule has 0 aromatic heterocycles. The minimum Gasteiger partial charge on any atom is -0.394 e. The molecule has 382 valence electrons. The van der Waals surface area contributed by atoms with Crippen molar-refractivity contribution in [2.75, 3.05) is 6.61 Å². The Bertz CT molecular complexity index is 1050. The van der Waals surface area contributed by atoms with Gasteiger partial charge in [-0.25, -0.2) is 0 Å². The fourth-order valence-corrected chi connectivity index (χ4v) is 8.88. The highest BCUT2D eigenvalue weighted by Crippen LogP contribution is 2.17. The smallest absolute Gasteiger partial charge is 0.249 e. The number of aliphatic hydroxyl groups is 3. The van der Waals surface area contributed by atoms with E-state index in [2.05, 4.69) is 55.6 Å². The summed E-state index contributed by atoms with van der Waals surface area (Å²) in [5.74, 6) is -0.513. The molecule has 5 nitrogen and oxygen atoms in total. The molecule has 3 atom stereocenters. The van der Waals surface area contributed by atoms with Gasteiger partial charge < -0.3 is 20.6 Å². The number of unbranched alkanes of at least 4 members (excludes halogenated alkanes) is 39. The van der Waals surface area contributed by atoms with Gasteiger partial charge in [0.15, 0.2) is 0 Å². The highest BCUT2D eigenvalue weighted by Gasteiger charge is 2.22. The van der Waals surface area contributed by atoms with E-state index in [9.17, 15) is 20.1 Å². The van der Waals surface area contributed by atoms with Crippen LogP contribution >= 0.6 is 0 Å². The first-order valence-corrected chi connectivity index (χ1v) is 29.0. The summed E-state index contributed by atoms with van der Waals surface area (Å²) in [6, 6.07) is -0.818. The van der Waals surface area contributed by atoms with Gasteiger partial charge in [0.1, 0.15) is 6.10 Å². The summed E-state index contributed by atoms with van der Waals surface area (Å²) in [6.45, 7) is 4.20. The molecule has 0 aliphatic heterocycles. The number of hydrogen-bond acceptors (Lipinski definition) is 4. The molecule has 0 aromatic rings. The molecule has 0 aliphatic carbocycles. The van der Waals surface area contributed by atoms with Crippen LogP contribution in [-0.2, 0) is 4.79 Å². The highest BCUT2D eigenvalue weighted by atomic mass is 16.3. The number of aliphatic hydroxyl groups excluding tert-OH is 3. The first-order chi connectivity index (χ1) is 32.1. The van der Waals surface area contributed by atoms with Crippen molar-refractivity contribution in [3.63, 3.8) is 0 Å². The maximum atomic E-state index is 12.6. The molecule has 1 amide bonds. The lowest BCUT2D eigenvalue weighted by molar-refractivity contribution is -0.131. The molecule has 4 N–H and O–H groups in total. The van der Waals surface area contributed by atoms with E-state index in [-0.39, 0.29) is 6.61 Å². The molecule has 0 fully saturated rings. The van der Waals surface area contributed by atoms with Crippen molar-refractivity contribution < 1.29 is 20.1 Å². The zero-order valence-corrected chi connectivity index (χ0v) is 43.6. The third-order valence-corrected chi connectivity index (χ3v) is 13.4. The van der Waals surface area contributed by atoms with E-state index < -0.39 is 24.2 Å². The number of amides is 1. The van der Waals surface area contributed by atoms with Crippen LogP contribution in [0.25, 0.3) is 0 Å². The monoisotopic (exact) mass is 912 g/mol. The molecule has 0 saturated heterocycles. The normalized spacial score (nSPS) is 13.6. The number of hydrogen-bond donors (Lipinski definition) is 4. The average molecular weight is 913 g/mol. The predicted molar refractivity (Wildman–Crippen MR) is 287 cm³/mol.